The third-order valence-electron chi connectivity index (χ3n) is 6.64. The van der Waals surface area contributed by atoms with Gasteiger partial charge in [0.05, 0.1) is 19.3 Å². The number of hydrogen-bond acceptors (Lipinski definition) is 11. The summed E-state index contributed by atoms with van der Waals surface area (Å²) in [5.74, 6) is 0.286. The Morgan fingerprint density at radius 2 is 1.42 bits per heavy atom. The smallest absolute Gasteiger partial charge is 0.187 e. The molecule has 0 radical (unpaired) electrons. The summed E-state index contributed by atoms with van der Waals surface area (Å²) in [6, 6.07) is 0. The summed E-state index contributed by atoms with van der Waals surface area (Å²) in [6.45, 7) is 0.628. The largest absolute Gasteiger partial charge is 0.394 e. The highest BCUT2D eigenvalue weighted by Gasteiger charge is 2.51. The van der Waals surface area contributed by atoms with E-state index in [4.69, 9.17) is 18.9 Å². The average Bonchev–Trinajstić information content (AvgIpc) is 2.78. The fourth-order valence-electron chi connectivity index (χ4n) is 4.67. The molecule has 0 spiro atoms. The SMILES string of the molecule is CC(O[C@@H]1[C@@H](O)[C@H](O[C@H]2O[C@H](CO)[C@@H](O)[C@H](O)[C@H]2O)[C@@H](CO)O[C@H]1O)C1CCCCC1. The van der Waals surface area contributed by atoms with Crippen molar-refractivity contribution in [3.05, 3.63) is 0 Å². The van der Waals surface area contributed by atoms with Crippen molar-refractivity contribution in [1.29, 1.82) is 0 Å². The Kier molecular flexibility index (Phi) is 9.04. The molecular formula is C20H36O11. The fourth-order valence-corrected chi connectivity index (χ4v) is 4.67. The zero-order valence-electron chi connectivity index (χ0n) is 17.6. The van der Waals surface area contributed by atoms with Gasteiger partial charge in [-0.15, -0.1) is 0 Å². The number of hydrogen-bond donors (Lipinski definition) is 7. The molecular weight excluding hydrogens is 416 g/mol. The van der Waals surface area contributed by atoms with Gasteiger partial charge in [-0.1, -0.05) is 19.3 Å². The maximum Gasteiger partial charge on any atom is 0.187 e. The molecule has 1 saturated carbocycles. The molecule has 11 heteroatoms. The van der Waals surface area contributed by atoms with E-state index in [2.05, 4.69) is 0 Å². The van der Waals surface area contributed by atoms with Gasteiger partial charge in [0, 0.05) is 0 Å². The lowest BCUT2D eigenvalue weighted by Gasteiger charge is -2.46. The lowest BCUT2D eigenvalue weighted by Crippen LogP contribution is -2.65. The molecule has 31 heavy (non-hydrogen) atoms. The second-order valence-electron chi connectivity index (χ2n) is 8.74. The van der Waals surface area contributed by atoms with Crippen LogP contribution in [0, 0.1) is 5.92 Å². The minimum Gasteiger partial charge on any atom is -0.394 e. The van der Waals surface area contributed by atoms with Crippen molar-refractivity contribution in [1.82, 2.24) is 0 Å². The molecule has 7 N–H and O–H groups in total. The van der Waals surface area contributed by atoms with Crippen molar-refractivity contribution < 1.29 is 54.7 Å². The van der Waals surface area contributed by atoms with E-state index in [0.29, 0.717) is 0 Å². The van der Waals surface area contributed by atoms with E-state index in [0.717, 1.165) is 25.7 Å². The van der Waals surface area contributed by atoms with Crippen molar-refractivity contribution in [2.75, 3.05) is 13.2 Å². The molecule has 0 amide bonds. The predicted octanol–water partition coefficient (Wildman–Crippen LogP) is -2.40. The molecule has 2 saturated heterocycles. The first-order valence-electron chi connectivity index (χ1n) is 11.0. The van der Waals surface area contributed by atoms with Gasteiger partial charge < -0.3 is 54.7 Å². The first kappa shape index (κ1) is 25.2. The van der Waals surface area contributed by atoms with Crippen LogP contribution in [0.3, 0.4) is 0 Å². The van der Waals surface area contributed by atoms with Crippen LogP contribution in [-0.2, 0) is 18.9 Å². The van der Waals surface area contributed by atoms with Crippen LogP contribution >= 0.6 is 0 Å². The zero-order valence-corrected chi connectivity index (χ0v) is 17.6. The second-order valence-corrected chi connectivity index (χ2v) is 8.74. The summed E-state index contributed by atoms with van der Waals surface area (Å²) < 4.78 is 22.3. The highest BCUT2D eigenvalue weighted by molar-refractivity contribution is 4.94. The Bertz CT molecular complexity index is 543. The van der Waals surface area contributed by atoms with Crippen LogP contribution in [0.25, 0.3) is 0 Å². The quantitative estimate of drug-likeness (QED) is 0.219. The summed E-state index contributed by atoms with van der Waals surface area (Å²) in [5.41, 5.74) is 0. The van der Waals surface area contributed by atoms with E-state index in [9.17, 15) is 35.7 Å². The molecule has 11 nitrogen and oxygen atoms in total. The van der Waals surface area contributed by atoms with Crippen LogP contribution < -0.4 is 0 Å². The first-order chi connectivity index (χ1) is 14.8. The van der Waals surface area contributed by atoms with Crippen LogP contribution in [0.15, 0.2) is 0 Å². The summed E-state index contributed by atoms with van der Waals surface area (Å²) in [4.78, 5) is 0. The molecule has 0 bridgehead atoms. The summed E-state index contributed by atoms with van der Waals surface area (Å²) in [6.07, 6.45) is -9.09. The Labute approximate surface area is 181 Å². The summed E-state index contributed by atoms with van der Waals surface area (Å²) in [5, 5.41) is 70.4. The van der Waals surface area contributed by atoms with Crippen molar-refractivity contribution >= 4 is 0 Å². The minimum atomic E-state index is -1.68. The topological polar surface area (TPSA) is 179 Å². The Balaban J connectivity index is 1.70. The van der Waals surface area contributed by atoms with Gasteiger partial charge in [-0.25, -0.2) is 0 Å². The van der Waals surface area contributed by atoms with Gasteiger partial charge >= 0.3 is 0 Å². The molecule has 2 heterocycles. The van der Waals surface area contributed by atoms with Crippen LogP contribution in [0.5, 0.6) is 0 Å². The van der Waals surface area contributed by atoms with Crippen molar-refractivity contribution in [3.8, 4) is 0 Å². The molecule has 2 aliphatic heterocycles. The molecule has 1 aliphatic carbocycles. The van der Waals surface area contributed by atoms with Crippen LogP contribution in [0.1, 0.15) is 39.0 Å². The Morgan fingerprint density at radius 1 is 0.774 bits per heavy atom. The van der Waals surface area contributed by atoms with Gasteiger partial charge in [-0.2, -0.15) is 0 Å². The molecule has 0 aromatic heterocycles. The third kappa shape index (κ3) is 5.56. The Hall–Kier alpha value is -0.440. The molecule has 0 aromatic carbocycles. The maximum absolute atomic E-state index is 10.9. The first-order valence-corrected chi connectivity index (χ1v) is 11.0. The van der Waals surface area contributed by atoms with Crippen molar-refractivity contribution in [2.45, 2.75) is 107 Å². The molecule has 0 aromatic rings. The van der Waals surface area contributed by atoms with Crippen LogP contribution in [0.4, 0.5) is 0 Å². The summed E-state index contributed by atoms with van der Waals surface area (Å²) >= 11 is 0. The van der Waals surface area contributed by atoms with Gasteiger partial charge in [0.2, 0.25) is 0 Å². The van der Waals surface area contributed by atoms with Crippen molar-refractivity contribution in [2.24, 2.45) is 5.92 Å². The van der Waals surface area contributed by atoms with Gasteiger partial charge in [0.15, 0.2) is 12.6 Å². The van der Waals surface area contributed by atoms with Gasteiger partial charge in [0.25, 0.3) is 0 Å². The van der Waals surface area contributed by atoms with E-state index < -0.39 is 74.6 Å². The molecule has 11 atom stereocenters. The van der Waals surface area contributed by atoms with E-state index in [1.807, 2.05) is 6.92 Å². The second kappa shape index (κ2) is 11.1. The summed E-state index contributed by atoms with van der Waals surface area (Å²) in [7, 11) is 0. The van der Waals surface area contributed by atoms with E-state index >= 15 is 0 Å². The zero-order chi connectivity index (χ0) is 22.7. The fraction of sp³-hybridized carbons (Fsp3) is 1.00. The number of aliphatic hydroxyl groups excluding tert-OH is 7. The number of rotatable bonds is 7. The number of ether oxygens (including phenoxy) is 4. The van der Waals surface area contributed by atoms with E-state index in [1.165, 1.54) is 6.42 Å². The molecule has 3 aliphatic rings. The Morgan fingerprint density at radius 3 is 2.03 bits per heavy atom. The number of aliphatic hydroxyl groups is 7. The van der Waals surface area contributed by atoms with E-state index in [1.54, 1.807) is 0 Å². The third-order valence-corrected chi connectivity index (χ3v) is 6.64. The average molecular weight is 452 g/mol. The van der Waals surface area contributed by atoms with Crippen LogP contribution in [0.2, 0.25) is 0 Å². The molecule has 1 unspecified atom stereocenters. The highest BCUT2D eigenvalue weighted by atomic mass is 16.7. The maximum atomic E-state index is 10.9. The van der Waals surface area contributed by atoms with Gasteiger partial charge in [-0.05, 0) is 25.7 Å². The highest BCUT2D eigenvalue weighted by Crippen LogP contribution is 2.33. The predicted molar refractivity (Wildman–Crippen MR) is 104 cm³/mol. The monoisotopic (exact) mass is 452 g/mol. The van der Waals surface area contributed by atoms with Gasteiger partial charge in [-0.3, -0.25) is 0 Å². The molecule has 182 valence electrons. The molecule has 3 rings (SSSR count). The van der Waals surface area contributed by atoms with Crippen molar-refractivity contribution in [3.63, 3.8) is 0 Å². The normalized spacial score (nSPS) is 46.1. The minimum absolute atomic E-state index is 0.253. The van der Waals surface area contributed by atoms with E-state index in [-0.39, 0.29) is 12.0 Å². The molecule has 3 fully saturated rings. The lowest BCUT2D eigenvalue weighted by atomic mass is 9.85. The standard InChI is InChI=1S/C20H36O11/c1-9(10-5-3-2-4-6-10)28-18-16(26)17(12(8-22)29-19(18)27)31-20-15(25)14(24)13(23)11(7-21)30-20/h9-27H,2-8H2,1H3/t9?,11-,12-,13-,14+,15-,16+,17-,18-,19-,20-/m1/s1. The van der Waals surface area contributed by atoms with Crippen LogP contribution in [-0.4, -0.2) is 116 Å². The lowest BCUT2D eigenvalue weighted by molar-refractivity contribution is -0.361. The van der Waals surface area contributed by atoms with Gasteiger partial charge in [0.1, 0.15) is 48.8 Å².